The molecule has 0 amide bonds. The second-order valence-electron chi connectivity index (χ2n) is 8.19. The van der Waals surface area contributed by atoms with Gasteiger partial charge >= 0.3 is 0 Å². The van der Waals surface area contributed by atoms with Crippen LogP contribution in [0.2, 0.25) is 0 Å². The van der Waals surface area contributed by atoms with Gasteiger partial charge in [-0.1, -0.05) is 0 Å². The van der Waals surface area contributed by atoms with Crippen molar-refractivity contribution in [2.45, 2.75) is 0 Å². The lowest BCUT2D eigenvalue weighted by Crippen LogP contribution is -2.44. The van der Waals surface area contributed by atoms with Crippen LogP contribution in [0, 0.1) is 0 Å². The van der Waals surface area contributed by atoms with Gasteiger partial charge in [-0.15, -0.1) is 0 Å². The van der Waals surface area contributed by atoms with E-state index in [1.54, 1.807) is 12.3 Å². The Labute approximate surface area is 183 Å². The number of aromatic amines is 2. The molecule has 5 aromatic rings. The number of pyridine rings is 3. The Bertz CT molecular complexity index is 1430. The molecule has 3 N–H and O–H groups in total. The van der Waals surface area contributed by atoms with Crippen LogP contribution in [0.15, 0.2) is 49.1 Å². The molecular weight excluding hydrogens is 404 g/mol. The number of hydrogen-bond acceptors (Lipinski definition) is 7. The molecule has 0 spiro atoms. The first-order valence-corrected chi connectivity index (χ1v) is 10.6. The Balaban J connectivity index is 1.44. The smallest absolute Gasteiger partial charge is 0.135 e. The average Bonchev–Trinajstić information content (AvgIpc) is 3.43. The first kappa shape index (κ1) is 18.8. The van der Waals surface area contributed by atoms with Gasteiger partial charge in [0, 0.05) is 43.3 Å². The van der Waals surface area contributed by atoms with Gasteiger partial charge in [0.2, 0.25) is 0 Å². The molecule has 6 rings (SSSR count). The predicted octanol–water partition coefficient (Wildman–Crippen LogP) is 3.02. The van der Waals surface area contributed by atoms with Crippen LogP contribution >= 0.6 is 0 Å². The van der Waals surface area contributed by atoms with Crippen LogP contribution < -0.4 is 4.90 Å². The summed E-state index contributed by atoms with van der Waals surface area (Å²) in [6, 6.07) is 7.61. The Morgan fingerprint density at radius 2 is 1.78 bits per heavy atom. The van der Waals surface area contributed by atoms with E-state index >= 15 is 0 Å². The molecule has 1 aliphatic rings. The van der Waals surface area contributed by atoms with E-state index in [0.29, 0.717) is 0 Å². The van der Waals surface area contributed by atoms with E-state index in [2.05, 4.69) is 48.1 Å². The van der Waals surface area contributed by atoms with E-state index < -0.39 is 0 Å². The molecule has 0 atom stereocenters. The van der Waals surface area contributed by atoms with Crippen molar-refractivity contribution in [2.24, 2.45) is 0 Å². The summed E-state index contributed by atoms with van der Waals surface area (Å²) in [5.74, 6) is 0.108. The lowest BCUT2D eigenvalue weighted by Gasteiger charge is -2.34. The lowest BCUT2D eigenvalue weighted by molar-refractivity contribution is 0.313. The molecule has 0 saturated carbocycles. The summed E-state index contributed by atoms with van der Waals surface area (Å²) < 4.78 is 0. The molecule has 160 valence electrons. The number of hydrogen-bond donors (Lipinski definition) is 3. The SMILES string of the molecule is CN1CCN(c2cncc3[nH]c(-c4n[nH]c5ccc(-c6cncc(O)c6)nc45)cc23)CC1. The Kier molecular flexibility index (Phi) is 4.29. The first-order chi connectivity index (χ1) is 15.7. The first-order valence-electron chi connectivity index (χ1n) is 10.6. The summed E-state index contributed by atoms with van der Waals surface area (Å²) in [7, 11) is 2.15. The minimum atomic E-state index is 0.108. The van der Waals surface area contributed by atoms with Gasteiger partial charge in [0.1, 0.15) is 17.0 Å². The zero-order chi connectivity index (χ0) is 21.7. The minimum Gasteiger partial charge on any atom is -0.506 e. The lowest BCUT2D eigenvalue weighted by atomic mass is 10.1. The van der Waals surface area contributed by atoms with E-state index in [0.717, 1.165) is 76.4 Å². The molecule has 0 aromatic carbocycles. The third-order valence-corrected chi connectivity index (χ3v) is 6.05. The normalized spacial score (nSPS) is 15.1. The van der Waals surface area contributed by atoms with Crippen molar-refractivity contribution >= 4 is 27.6 Å². The summed E-state index contributed by atoms with van der Waals surface area (Å²) in [6.07, 6.45) is 6.88. The van der Waals surface area contributed by atoms with Crippen molar-refractivity contribution in [3.8, 4) is 28.4 Å². The molecule has 5 aromatic heterocycles. The zero-order valence-corrected chi connectivity index (χ0v) is 17.6. The van der Waals surface area contributed by atoms with E-state index in [1.807, 2.05) is 24.5 Å². The standard InChI is InChI=1S/C23H22N8O/c1-30-4-6-31(7-5-30)21-13-25-12-20-16(21)9-19(26-20)23-22-18(28-29-23)3-2-17(27-22)14-8-15(32)11-24-10-14/h2-3,8-13,26,32H,4-7H2,1H3,(H,28,29). The topological polar surface area (TPSA) is 110 Å². The van der Waals surface area contributed by atoms with Crippen molar-refractivity contribution in [2.75, 3.05) is 38.1 Å². The van der Waals surface area contributed by atoms with Crippen LogP contribution in [-0.2, 0) is 0 Å². The highest BCUT2D eigenvalue weighted by atomic mass is 16.3. The highest BCUT2D eigenvalue weighted by molar-refractivity contribution is 5.98. The minimum absolute atomic E-state index is 0.108. The van der Waals surface area contributed by atoms with Gasteiger partial charge in [-0.05, 0) is 31.3 Å². The monoisotopic (exact) mass is 426 g/mol. The third kappa shape index (κ3) is 3.14. The summed E-state index contributed by atoms with van der Waals surface area (Å²) >= 11 is 0. The van der Waals surface area contributed by atoms with Gasteiger partial charge < -0.3 is 19.9 Å². The van der Waals surface area contributed by atoms with Crippen molar-refractivity contribution in [3.63, 3.8) is 0 Å². The second-order valence-corrected chi connectivity index (χ2v) is 8.19. The van der Waals surface area contributed by atoms with Crippen LogP contribution in [0.4, 0.5) is 5.69 Å². The van der Waals surface area contributed by atoms with Gasteiger partial charge in [0.15, 0.2) is 0 Å². The zero-order valence-electron chi connectivity index (χ0n) is 17.6. The summed E-state index contributed by atoms with van der Waals surface area (Å²) in [5.41, 5.74) is 6.80. The fourth-order valence-corrected chi connectivity index (χ4v) is 4.28. The number of anilines is 1. The molecule has 1 aliphatic heterocycles. The maximum atomic E-state index is 9.78. The number of fused-ring (bicyclic) bond motifs is 2. The van der Waals surface area contributed by atoms with E-state index in [9.17, 15) is 5.11 Å². The highest BCUT2D eigenvalue weighted by Crippen LogP contribution is 2.33. The molecule has 1 saturated heterocycles. The number of aromatic nitrogens is 6. The fourth-order valence-electron chi connectivity index (χ4n) is 4.28. The maximum Gasteiger partial charge on any atom is 0.135 e. The number of rotatable bonds is 3. The third-order valence-electron chi connectivity index (χ3n) is 6.05. The van der Waals surface area contributed by atoms with Gasteiger partial charge in [-0.3, -0.25) is 15.1 Å². The van der Waals surface area contributed by atoms with Crippen molar-refractivity contribution in [1.29, 1.82) is 0 Å². The number of nitrogens with zero attached hydrogens (tertiary/aromatic N) is 6. The molecular formula is C23H22N8O. The van der Waals surface area contributed by atoms with E-state index in [-0.39, 0.29) is 5.75 Å². The molecule has 9 heteroatoms. The number of nitrogens with one attached hydrogen (secondary N) is 2. The number of piperazine rings is 1. The summed E-state index contributed by atoms with van der Waals surface area (Å²) in [6.45, 7) is 4.03. The highest BCUT2D eigenvalue weighted by Gasteiger charge is 2.19. The Hall–Kier alpha value is -3.98. The van der Waals surface area contributed by atoms with Gasteiger partial charge in [-0.2, -0.15) is 5.10 Å². The van der Waals surface area contributed by atoms with Gasteiger partial charge in [0.25, 0.3) is 0 Å². The fraction of sp³-hybridized carbons (Fsp3) is 0.217. The Morgan fingerprint density at radius 3 is 2.62 bits per heavy atom. The van der Waals surface area contributed by atoms with Crippen LogP contribution in [0.25, 0.3) is 44.6 Å². The number of H-pyrrole nitrogens is 2. The predicted molar refractivity (Wildman–Crippen MR) is 124 cm³/mol. The maximum absolute atomic E-state index is 9.78. The molecule has 0 unspecified atom stereocenters. The molecule has 0 bridgehead atoms. The largest absolute Gasteiger partial charge is 0.506 e. The van der Waals surface area contributed by atoms with Crippen LogP contribution in [-0.4, -0.2) is 73.4 Å². The van der Waals surface area contributed by atoms with Crippen LogP contribution in [0.1, 0.15) is 0 Å². The Morgan fingerprint density at radius 1 is 0.938 bits per heavy atom. The van der Waals surface area contributed by atoms with E-state index in [1.165, 1.54) is 6.20 Å². The van der Waals surface area contributed by atoms with Crippen molar-refractivity contribution < 1.29 is 5.11 Å². The van der Waals surface area contributed by atoms with E-state index in [4.69, 9.17) is 4.98 Å². The molecule has 0 aliphatic carbocycles. The van der Waals surface area contributed by atoms with Crippen molar-refractivity contribution in [1.82, 2.24) is 35.0 Å². The summed E-state index contributed by atoms with van der Waals surface area (Å²) in [4.78, 5) is 21.5. The van der Waals surface area contributed by atoms with Gasteiger partial charge in [-0.25, -0.2) is 4.98 Å². The van der Waals surface area contributed by atoms with Crippen molar-refractivity contribution in [3.05, 3.63) is 49.1 Å². The number of likely N-dealkylation sites (N-methyl/N-ethyl adjacent to an activating group) is 1. The molecule has 32 heavy (non-hydrogen) atoms. The van der Waals surface area contributed by atoms with Crippen LogP contribution in [0.3, 0.4) is 0 Å². The molecule has 1 fully saturated rings. The second kappa shape index (κ2) is 7.31. The quantitative estimate of drug-likeness (QED) is 0.407. The van der Waals surface area contributed by atoms with Gasteiger partial charge in [0.05, 0.1) is 46.7 Å². The molecule has 9 nitrogen and oxygen atoms in total. The molecule has 6 heterocycles. The molecule has 0 radical (unpaired) electrons. The van der Waals surface area contributed by atoms with Crippen LogP contribution in [0.5, 0.6) is 5.75 Å². The number of aromatic hydroxyl groups is 1. The summed E-state index contributed by atoms with van der Waals surface area (Å²) in [5, 5.41) is 18.5. The average molecular weight is 426 g/mol.